The minimum Gasteiger partial charge on any atom is -0.465 e. The minimum atomic E-state index is -2.96. The number of nitrogens with zero attached hydrogens (tertiary/aromatic N) is 3. The Kier molecular flexibility index (Phi) is 4.88. The smallest absolute Gasteiger partial charge is 0.407 e. The Bertz CT molecular complexity index is 847. The molecule has 1 aliphatic rings. The van der Waals surface area contributed by atoms with E-state index in [2.05, 4.69) is 30.6 Å². The van der Waals surface area contributed by atoms with E-state index in [9.17, 15) is 18.7 Å². The molecule has 1 amide bonds. The van der Waals surface area contributed by atoms with E-state index in [0.717, 1.165) is 5.39 Å². The van der Waals surface area contributed by atoms with Crippen molar-refractivity contribution in [3.8, 4) is 5.75 Å². The fourth-order valence-electron chi connectivity index (χ4n) is 3.74. The quantitative estimate of drug-likeness (QED) is 0.788. The van der Waals surface area contributed by atoms with Crippen molar-refractivity contribution in [2.45, 2.75) is 39.8 Å². The highest BCUT2D eigenvalue weighted by Crippen LogP contribution is 2.41. The summed E-state index contributed by atoms with van der Waals surface area (Å²) < 4.78 is 31.3. The van der Waals surface area contributed by atoms with Crippen molar-refractivity contribution in [3.63, 3.8) is 0 Å². The number of carbonyl (C=O) groups is 1. The second-order valence-corrected chi connectivity index (χ2v) is 7.99. The van der Waals surface area contributed by atoms with Gasteiger partial charge in [0.25, 0.3) is 0 Å². The molecule has 3 N–H and O–H groups in total. The first-order valence-electron chi connectivity index (χ1n) is 8.77. The first kappa shape index (κ1) is 19.2. The van der Waals surface area contributed by atoms with Gasteiger partial charge < -0.3 is 20.5 Å². The van der Waals surface area contributed by atoms with Gasteiger partial charge in [-0.15, -0.1) is 0 Å². The molecule has 1 aliphatic heterocycles. The molecule has 0 spiro atoms. The van der Waals surface area contributed by atoms with Gasteiger partial charge in [0, 0.05) is 36.7 Å². The molecule has 2 heterocycles. The number of benzene rings is 1. The predicted molar refractivity (Wildman–Crippen MR) is 97.0 cm³/mol. The number of fused-ring (bicyclic) bond motifs is 1. The maximum Gasteiger partial charge on any atom is 0.407 e. The van der Waals surface area contributed by atoms with Crippen molar-refractivity contribution in [1.29, 1.82) is 0 Å². The average molecular weight is 382 g/mol. The summed E-state index contributed by atoms with van der Waals surface area (Å²) in [6.07, 6.45) is 1.53. The Morgan fingerprint density at radius 2 is 2.11 bits per heavy atom. The summed E-state index contributed by atoms with van der Waals surface area (Å²) in [6, 6.07) is 2.97. The van der Waals surface area contributed by atoms with Gasteiger partial charge in [0.2, 0.25) is 0 Å². The Morgan fingerprint density at radius 3 is 2.70 bits per heavy atom. The van der Waals surface area contributed by atoms with E-state index >= 15 is 0 Å². The van der Waals surface area contributed by atoms with Gasteiger partial charge in [0.1, 0.15) is 0 Å². The van der Waals surface area contributed by atoms with Crippen molar-refractivity contribution in [2.75, 3.05) is 18.8 Å². The number of rotatable bonds is 3. The number of ether oxygens (including phenoxy) is 1. The van der Waals surface area contributed by atoms with Crippen molar-refractivity contribution >= 4 is 22.7 Å². The Hall–Kier alpha value is -2.58. The predicted octanol–water partition coefficient (Wildman–Crippen LogP) is 3.81. The van der Waals surface area contributed by atoms with Gasteiger partial charge in [-0.2, -0.15) is 13.9 Å². The number of aromatic nitrogens is 2. The van der Waals surface area contributed by atoms with Crippen LogP contribution in [0.4, 0.5) is 19.3 Å². The van der Waals surface area contributed by atoms with E-state index in [0.29, 0.717) is 25.0 Å². The summed E-state index contributed by atoms with van der Waals surface area (Å²) >= 11 is 0. The molecule has 1 aromatic carbocycles. The lowest BCUT2D eigenvalue weighted by molar-refractivity contribution is -0.0492. The molecular weight excluding hydrogens is 358 g/mol. The van der Waals surface area contributed by atoms with Crippen LogP contribution >= 0.6 is 0 Å². The van der Waals surface area contributed by atoms with Crippen molar-refractivity contribution in [2.24, 2.45) is 11.3 Å². The van der Waals surface area contributed by atoms with Crippen LogP contribution < -0.4 is 10.5 Å². The number of anilines is 1. The molecule has 2 unspecified atom stereocenters. The van der Waals surface area contributed by atoms with E-state index in [-0.39, 0.29) is 28.8 Å². The zero-order valence-electron chi connectivity index (χ0n) is 15.5. The second kappa shape index (κ2) is 6.86. The summed E-state index contributed by atoms with van der Waals surface area (Å²) in [5, 5.41) is 14.6. The topological polar surface area (TPSA) is 93.6 Å². The van der Waals surface area contributed by atoms with Crippen LogP contribution in [0.25, 0.3) is 10.9 Å². The van der Waals surface area contributed by atoms with Crippen molar-refractivity contribution in [1.82, 2.24) is 14.7 Å². The van der Waals surface area contributed by atoms with Crippen LogP contribution in [0.1, 0.15) is 33.2 Å². The molecule has 0 aliphatic carbocycles. The maximum atomic E-state index is 12.5. The number of carboxylic acid groups (broad SMARTS) is 1. The third-order valence-corrected chi connectivity index (χ3v) is 5.17. The Balaban J connectivity index is 1.96. The Labute approximate surface area is 155 Å². The molecule has 1 fully saturated rings. The standard InChI is InChI=1S/C18H24F2N4O3/c1-18(2,3)11-9-23(17(25)26)5-4-14(11)24-8-10-6-12(21)15(27-16(19)20)7-13(10)22-24/h6-8,11,14,16H,4-5,9,21H2,1-3H3,(H,25,26). The maximum absolute atomic E-state index is 12.5. The molecule has 2 aromatic rings. The van der Waals surface area contributed by atoms with Gasteiger partial charge in [-0.1, -0.05) is 20.8 Å². The molecule has 1 saturated heterocycles. The largest absolute Gasteiger partial charge is 0.465 e. The summed E-state index contributed by atoms with van der Waals surface area (Å²) in [4.78, 5) is 12.8. The number of piperidine rings is 1. The summed E-state index contributed by atoms with van der Waals surface area (Å²) in [5.74, 6) is -0.0541. The highest BCUT2D eigenvalue weighted by Gasteiger charge is 2.39. The van der Waals surface area contributed by atoms with E-state index in [1.807, 2.05) is 10.9 Å². The molecule has 0 bridgehead atoms. The van der Waals surface area contributed by atoms with Crippen molar-refractivity contribution in [3.05, 3.63) is 18.3 Å². The van der Waals surface area contributed by atoms with Crippen LogP contribution in [0.5, 0.6) is 5.75 Å². The van der Waals surface area contributed by atoms with Gasteiger partial charge in [-0.05, 0) is 17.9 Å². The number of nitrogens with two attached hydrogens (primary N) is 1. The number of nitrogen functional groups attached to an aromatic ring is 1. The number of likely N-dealkylation sites (tertiary alicyclic amines) is 1. The minimum absolute atomic E-state index is 0.00584. The number of amides is 1. The van der Waals surface area contributed by atoms with Crippen LogP contribution in [0, 0.1) is 11.3 Å². The number of hydrogen-bond acceptors (Lipinski definition) is 4. The molecule has 2 atom stereocenters. The first-order valence-corrected chi connectivity index (χ1v) is 8.77. The SMILES string of the molecule is CC(C)(C)C1CN(C(=O)O)CCC1n1cc2cc(N)c(OC(F)F)cc2n1. The summed E-state index contributed by atoms with van der Waals surface area (Å²) in [5.41, 5.74) is 6.29. The van der Waals surface area contributed by atoms with Gasteiger partial charge in [0.15, 0.2) is 5.75 Å². The number of halogens is 2. The van der Waals surface area contributed by atoms with Crippen molar-refractivity contribution < 1.29 is 23.4 Å². The van der Waals surface area contributed by atoms with Gasteiger partial charge in [-0.25, -0.2) is 4.79 Å². The van der Waals surface area contributed by atoms with E-state index in [1.165, 1.54) is 11.0 Å². The van der Waals surface area contributed by atoms with E-state index in [1.54, 1.807) is 6.07 Å². The normalized spacial score (nSPS) is 21.0. The summed E-state index contributed by atoms with van der Waals surface area (Å²) in [6.45, 7) is 4.10. The fourth-order valence-corrected chi connectivity index (χ4v) is 3.74. The highest BCUT2D eigenvalue weighted by atomic mass is 19.3. The van der Waals surface area contributed by atoms with Crippen LogP contribution in [0.2, 0.25) is 0 Å². The molecule has 1 aromatic heterocycles. The summed E-state index contributed by atoms with van der Waals surface area (Å²) in [7, 11) is 0. The molecule has 0 radical (unpaired) electrons. The second-order valence-electron chi connectivity index (χ2n) is 7.99. The molecule has 0 saturated carbocycles. The lowest BCUT2D eigenvalue weighted by Crippen LogP contribution is -2.48. The van der Waals surface area contributed by atoms with Crippen LogP contribution in [0.3, 0.4) is 0 Å². The van der Waals surface area contributed by atoms with Crippen LogP contribution in [0.15, 0.2) is 18.3 Å². The fraction of sp³-hybridized carbons (Fsp3) is 0.556. The van der Waals surface area contributed by atoms with Gasteiger partial charge in [0.05, 0.1) is 17.2 Å². The number of hydrogen-bond donors (Lipinski definition) is 2. The zero-order valence-corrected chi connectivity index (χ0v) is 15.5. The molecule has 3 rings (SSSR count). The highest BCUT2D eigenvalue weighted by molar-refractivity contribution is 5.84. The molecule has 7 nitrogen and oxygen atoms in total. The van der Waals surface area contributed by atoms with Crippen LogP contribution in [-0.4, -0.2) is 45.6 Å². The molecular formula is C18H24F2N4O3. The van der Waals surface area contributed by atoms with Crippen LogP contribution in [-0.2, 0) is 0 Å². The van der Waals surface area contributed by atoms with E-state index < -0.39 is 12.7 Å². The lowest BCUT2D eigenvalue weighted by Gasteiger charge is -2.43. The molecule has 27 heavy (non-hydrogen) atoms. The van der Waals surface area contributed by atoms with Gasteiger partial charge in [-0.3, -0.25) is 4.68 Å². The third kappa shape index (κ3) is 3.91. The zero-order chi connectivity index (χ0) is 19.9. The Morgan fingerprint density at radius 1 is 1.41 bits per heavy atom. The monoisotopic (exact) mass is 382 g/mol. The lowest BCUT2D eigenvalue weighted by atomic mass is 9.73. The third-order valence-electron chi connectivity index (χ3n) is 5.17. The molecule has 9 heteroatoms. The van der Waals surface area contributed by atoms with E-state index in [4.69, 9.17) is 5.73 Å². The molecule has 148 valence electrons. The first-order chi connectivity index (χ1) is 12.6. The van der Waals surface area contributed by atoms with Gasteiger partial charge >= 0.3 is 12.7 Å². The number of alkyl halides is 2. The average Bonchev–Trinajstić information content (AvgIpc) is 2.95.